The number of nitro benzene ring substituents is 1. The fourth-order valence-electron chi connectivity index (χ4n) is 1.72. The molecule has 0 radical (unpaired) electrons. The SMILES string of the molecule is NCc1cc(Cl)ccc1OCc1ccc([N+](=O)[O-])cc1. The van der Waals surface area contributed by atoms with E-state index in [0.717, 1.165) is 11.1 Å². The Morgan fingerprint density at radius 1 is 1.20 bits per heavy atom. The number of nitrogens with zero attached hydrogens (tertiary/aromatic N) is 1. The van der Waals surface area contributed by atoms with Crippen molar-refractivity contribution < 1.29 is 9.66 Å². The van der Waals surface area contributed by atoms with E-state index in [1.165, 1.54) is 12.1 Å². The first-order valence-corrected chi connectivity index (χ1v) is 6.32. The average molecular weight is 293 g/mol. The van der Waals surface area contributed by atoms with E-state index in [2.05, 4.69) is 0 Å². The Labute approximate surface area is 121 Å². The lowest BCUT2D eigenvalue weighted by Gasteiger charge is -2.10. The molecule has 0 bridgehead atoms. The third kappa shape index (κ3) is 3.46. The molecule has 0 amide bonds. The smallest absolute Gasteiger partial charge is 0.269 e. The van der Waals surface area contributed by atoms with Crippen LogP contribution in [0.4, 0.5) is 5.69 Å². The zero-order valence-corrected chi connectivity index (χ0v) is 11.3. The van der Waals surface area contributed by atoms with Crippen LogP contribution in [0, 0.1) is 10.1 Å². The van der Waals surface area contributed by atoms with Gasteiger partial charge in [0.1, 0.15) is 12.4 Å². The predicted octanol–water partition coefficient (Wildman–Crippen LogP) is 3.29. The Bertz CT molecular complexity index is 614. The van der Waals surface area contributed by atoms with Gasteiger partial charge in [0.05, 0.1) is 4.92 Å². The first-order valence-electron chi connectivity index (χ1n) is 5.95. The normalized spacial score (nSPS) is 10.3. The van der Waals surface area contributed by atoms with Crippen molar-refractivity contribution in [1.82, 2.24) is 0 Å². The maximum Gasteiger partial charge on any atom is 0.269 e. The lowest BCUT2D eigenvalue weighted by molar-refractivity contribution is -0.384. The molecular weight excluding hydrogens is 280 g/mol. The van der Waals surface area contributed by atoms with Gasteiger partial charge in [-0.3, -0.25) is 10.1 Å². The quantitative estimate of drug-likeness (QED) is 0.677. The largest absolute Gasteiger partial charge is 0.489 e. The van der Waals surface area contributed by atoms with Crippen molar-refractivity contribution in [3.8, 4) is 5.75 Å². The molecule has 0 aliphatic rings. The Kier molecular flexibility index (Phi) is 4.55. The first kappa shape index (κ1) is 14.3. The van der Waals surface area contributed by atoms with Crippen LogP contribution < -0.4 is 10.5 Å². The van der Waals surface area contributed by atoms with Gasteiger partial charge in [-0.05, 0) is 35.9 Å². The van der Waals surface area contributed by atoms with Crippen LogP contribution in [0.1, 0.15) is 11.1 Å². The molecule has 0 aromatic heterocycles. The Morgan fingerprint density at radius 3 is 2.50 bits per heavy atom. The van der Waals surface area contributed by atoms with Crippen molar-refractivity contribution in [1.29, 1.82) is 0 Å². The van der Waals surface area contributed by atoms with Crippen LogP contribution in [0.25, 0.3) is 0 Å². The molecule has 2 N–H and O–H groups in total. The highest BCUT2D eigenvalue weighted by atomic mass is 35.5. The van der Waals surface area contributed by atoms with Crippen molar-refractivity contribution >= 4 is 17.3 Å². The Hall–Kier alpha value is -2.11. The molecule has 5 nitrogen and oxygen atoms in total. The lowest BCUT2D eigenvalue weighted by atomic mass is 10.2. The van der Waals surface area contributed by atoms with Crippen LogP contribution in [0.2, 0.25) is 5.02 Å². The van der Waals surface area contributed by atoms with Crippen LogP contribution in [-0.4, -0.2) is 4.92 Å². The molecular formula is C14H13ClN2O3. The zero-order valence-electron chi connectivity index (χ0n) is 10.6. The van der Waals surface area contributed by atoms with E-state index >= 15 is 0 Å². The van der Waals surface area contributed by atoms with Gasteiger partial charge in [0, 0.05) is 29.3 Å². The van der Waals surface area contributed by atoms with Gasteiger partial charge in [-0.25, -0.2) is 0 Å². The van der Waals surface area contributed by atoms with Gasteiger partial charge >= 0.3 is 0 Å². The number of rotatable bonds is 5. The summed E-state index contributed by atoms with van der Waals surface area (Å²) in [6.45, 7) is 0.642. The highest BCUT2D eigenvalue weighted by Gasteiger charge is 2.06. The summed E-state index contributed by atoms with van der Waals surface area (Å²) in [7, 11) is 0. The molecule has 6 heteroatoms. The standard InChI is InChI=1S/C14H13ClN2O3/c15-12-3-6-14(11(7-12)8-16)20-9-10-1-4-13(5-2-10)17(18)19/h1-7H,8-9,16H2. The molecule has 2 aromatic carbocycles. The van der Waals surface area contributed by atoms with Gasteiger partial charge in [-0.2, -0.15) is 0 Å². The summed E-state index contributed by atoms with van der Waals surface area (Å²) < 4.78 is 5.66. The Balaban J connectivity index is 2.06. The number of non-ortho nitro benzene ring substituents is 1. The molecule has 2 aromatic rings. The number of ether oxygens (including phenoxy) is 1. The van der Waals surface area contributed by atoms with Gasteiger partial charge in [-0.15, -0.1) is 0 Å². The van der Waals surface area contributed by atoms with E-state index < -0.39 is 4.92 Å². The van der Waals surface area contributed by atoms with Crippen molar-refractivity contribution in [3.63, 3.8) is 0 Å². The van der Waals surface area contributed by atoms with Gasteiger partial charge in [0.2, 0.25) is 0 Å². The first-order chi connectivity index (χ1) is 9.60. The van der Waals surface area contributed by atoms with E-state index in [4.69, 9.17) is 22.1 Å². The molecule has 20 heavy (non-hydrogen) atoms. The third-order valence-corrected chi connectivity index (χ3v) is 3.02. The Morgan fingerprint density at radius 2 is 1.90 bits per heavy atom. The summed E-state index contributed by atoms with van der Waals surface area (Å²) in [6.07, 6.45) is 0. The predicted molar refractivity (Wildman–Crippen MR) is 76.8 cm³/mol. The molecule has 0 aliphatic heterocycles. The third-order valence-electron chi connectivity index (χ3n) is 2.78. The molecule has 2 rings (SSSR count). The highest BCUT2D eigenvalue weighted by Crippen LogP contribution is 2.23. The number of hydrogen-bond donors (Lipinski definition) is 1. The second-order valence-corrected chi connectivity index (χ2v) is 4.60. The second kappa shape index (κ2) is 6.36. The van der Waals surface area contributed by atoms with Gasteiger partial charge in [-0.1, -0.05) is 11.6 Å². The number of benzene rings is 2. The molecule has 0 unspecified atom stereocenters. The van der Waals surface area contributed by atoms with Crippen molar-refractivity contribution in [2.45, 2.75) is 13.2 Å². The van der Waals surface area contributed by atoms with Crippen LogP contribution in [0.3, 0.4) is 0 Å². The van der Waals surface area contributed by atoms with Gasteiger partial charge < -0.3 is 10.5 Å². The molecule has 104 valence electrons. The van der Waals surface area contributed by atoms with Crippen molar-refractivity contribution in [3.05, 3.63) is 68.7 Å². The molecule has 0 fully saturated rings. The minimum Gasteiger partial charge on any atom is -0.489 e. The fourth-order valence-corrected chi connectivity index (χ4v) is 1.92. The van der Waals surface area contributed by atoms with Crippen LogP contribution in [0.5, 0.6) is 5.75 Å². The van der Waals surface area contributed by atoms with Gasteiger partial charge in [0.15, 0.2) is 0 Å². The fraction of sp³-hybridized carbons (Fsp3) is 0.143. The highest BCUT2D eigenvalue weighted by molar-refractivity contribution is 6.30. The van der Waals surface area contributed by atoms with Crippen molar-refractivity contribution in [2.24, 2.45) is 5.73 Å². The van der Waals surface area contributed by atoms with Gasteiger partial charge in [0.25, 0.3) is 5.69 Å². The van der Waals surface area contributed by atoms with E-state index in [0.29, 0.717) is 23.9 Å². The summed E-state index contributed by atoms with van der Waals surface area (Å²) in [5.74, 6) is 0.662. The number of halogens is 1. The molecule has 0 saturated carbocycles. The summed E-state index contributed by atoms with van der Waals surface area (Å²) >= 11 is 5.88. The summed E-state index contributed by atoms with van der Waals surface area (Å²) in [5, 5.41) is 11.2. The maximum atomic E-state index is 10.6. The topological polar surface area (TPSA) is 78.4 Å². The monoisotopic (exact) mass is 292 g/mol. The lowest BCUT2D eigenvalue weighted by Crippen LogP contribution is -2.02. The summed E-state index contributed by atoms with van der Waals surface area (Å²) in [6, 6.07) is 11.5. The van der Waals surface area contributed by atoms with E-state index in [9.17, 15) is 10.1 Å². The molecule has 0 aliphatic carbocycles. The summed E-state index contributed by atoms with van der Waals surface area (Å²) in [4.78, 5) is 10.1. The molecule has 0 saturated heterocycles. The second-order valence-electron chi connectivity index (χ2n) is 4.17. The minimum absolute atomic E-state index is 0.0582. The number of hydrogen-bond acceptors (Lipinski definition) is 4. The zero-order chi connectivity index (χ0) is 14.5. The van der Waals surface area contributed by atoms with Crippen molar-refractivity contribution in [2.75, 3.05) is 0 Å². The van der Waals surface area contributed by atoms with E-state index in [-0.39, 0.29) is 5.69 Å². The van der Waals surface area contributed by atoms with E-state index in [1.807, 2.05) is 0 Å². The number of nitrogens with two attached hydrogens (primary N) is 1. The van der Waals surface area contributed by atoms with E-state index in [1.54, 1.807) is 30.3 Å². The minimum atomic E-state index is -0.434. The molecule has 0 heterocycles. The summed E-state index contributed by atoms with van der Waals surface area (Å²) in [5.41, 5.74) is 7.35. The maximum absolute atomic E-state index is 10.6. The molecule has 0 atom stereocenters. The van der Waals surface area contributed by atoms with Crippen LogP contribution >= 0.6 is 11.6 Å². The number of nitro groups is 1. The van der Waals surface area contributed by atoms with Crippen LogP contribution in [0.15, 0.2) is 42.5 Å². The molecule has 0 spiro atoms. The van der Waals surface area contributed by atoms with Crippen LogP contribution in [-0.2, 0) is 13.2 Å². The average Bonchev–Trinajstić information content (AvgIpc) is 2.46.